The highest BCUT2D eigenvalue weighted by Gasteiger charge is 2.43. The van der Waals surface area contributed by atoms with E-state index in [1.54, 1.807) is 42.8 Å². The molecule has 0 unspecified atom stereocenters. The van der Waals surface area contributed by atoms with E-state index in [1.807, 2.05) is 13.0 Å². The average molecular weight is 312 g/mol. The summed E-state index contributed by atoms with van der Waals surface area (Å²) in [5, 5.41) is 0. The van der Waals surface area contributed by atoms with Crippen molar-refractivity contribution in [2.75, 3.05) is 25.9 Å². The van der Waals surface area contributed by atoms with Crippen LogP contribution in [-0.2, 0) is 4.79 Å². The van der Waals surface area contributed by atoms with Crippen molar-refractivity contribution < 1.29 is 9.59 Å². The van der Waals surface area contributed by atoms with Crippen LogP contribution in [0.2, 0.25) is 0 Å². The topological polar surface area (TPSA) is 66.6 Å². The molecule has 0 atom stereocenters. The molecular formula is C15H22ClN3O2. The number of hydrogen-bond acceptors (Lipinski definition) is 3. The molecular weight excluding hydrogens is 290 g/mol. The molecule has 5 nitrogen and oxygen atoms in total. The maximum atomic E-state index is 12.7. The number of anilines is 1. The Hall–Kier alpha value is -1.75. The molecule has 0 aromatic heterocycles. The number of carbonyl (C=O) groups excluding carboxylic acids is 2. The number of likely N-dealkylation sites (N-methyl/N-ethyl adjacent to an activating group) is 1. The maximum Gasteiger partial charge on any atom is 0.255 e. The smallest absolute Gasteiger partial charge is 0.255 e. The summed E-state index contributed by atoms with van der Waals surface area (Å²) in [4.78, 5) is 28.3. The molecule has 0 spiro atoms. The number of benzene rings is 1. The number of nitrogens with zero attached hydrogens (tertiary/aromatic N) is 2. The van der Waals surface area contributed by atoms with Gasteiger partial charge in [0.2, 0.25) is 5.91 Å². The summed E-state index contributed by atoms with van der Waals surface area (Å²) in [5.74, 6) is -0.181. The molecule has 1 aliphatic rings. The van der Waals surface area contributed by atoms with Crippen LogP contribution in [0.4, 0.5) is 5.69 Å². The normalized spacial score (nSPS) is 17.4. The van der Waals surface area contributed by atoms with Crippen molar-refractivity contribution in [3.05, 3.63) is 29.3 Å². The van der Waals surface area contributed by atoms with Gasteiger partial charge in [-0.3, -0.25) is 9.59 Å². The van der Waals surface area contributed by atoms with Crippen LogP contribution in [0.1, 0.15) is 29.8 Å². The van der Waals surface area contributed by atoms with Crippen LogP contribution in [0.3, 0.4) is 0 Å². The number of piperazine rings is 1. The molecule has 21 heavy (non-hydrogen) atoms. The van der Waals surface area contributed by atoms with Gasteiger partial charge in [-0.2, -0.15) is 0 Å². The van der Waals surface area contributed by atoms with Gasteiger partial charge in [0.1, 0.15) is 5.54 Å². The van der Waals surface area contributed by atoms with Crippen molar-refractivity contribution in [2.24, 2.45) is 0 Å². The molecule has 2 rings (SSSR count). The first-order chi connectivity index (χ1) is 9.25. The van der Waals surface area contributed by atoms with Crippen LogP contribution in [0, 0.1) is 6.92 Å². The summed E-state index contributed by atoms with van der Waals surface area (Å²) in [7, 11) is 1.76. The molecule has 0 aliphatic carbocycles. The largest absolute Gasteiger partial charge is 0.399 e. The molecule has 1 aromatic rings. The Labute approximate surface area is 131 Å². The molecule has 0 saturated carbocycles. The van der Waals surface area contributed by atoms with E-state index in [4.69, 9.17) is 5.73 Å². The number of carbonyl (C=O) groups is 2. The summed E-state index contributed by atoms with van der Waals surface area (Å²) in [5.41, 5.74) is 6.92. The van der Waals surface area contributed by atoms with Gasteiger partial charge in [-0.25, -0.2) is 0 Å². The number of hydrogen-bond donors (Lipinski definition) is 1. The fraction of sp³-hybridized carbons (Fsp3) is 0.467. The van der Waals surface area contributed by atoms with E-state index < -0.39 is 5.54 Å². The lowest BCUT2D eigenvalue weighted by atomic mass is 9.95. The summed E-state index contributed by atoms with van der Waals surface area (Å²) in [6.45, 7) is 6.52. The highest BCUT2D eigenvalue weighted by Crippen LogP contribution is 2.25. The Morgan fingerprint density at radius 3 is 2.52 bits per heavy atom. The van der Waals surface area contributed by atoms with Crippen molar-refractivity contribution in [1.29, 1.82) is 0 Å². The molecule has 116 valence electrons. The standard InChI is InChI=1S/C15H21N3O2.ClH/c1-10-5-6-11(16)9-12(10)13(19)18-8-7-17(4)14(20)15(18,2)3;/h5-6,9H,7-8,16H2,1-4H3;1H. The van der Waals surface area contributed by atoms with E-state index in [0.717, 1.165) is 5.56 Å². The number of amides is 2. The second-order valence-corrected chi connectivity index (χ2v) is 5.82. The highest BCUT2D eigenvalue weighted by atomic mass is 35.5. The number of halogens is 1. The zero-order valence-corrected chi connectivity index (χ0v) is 13.7. The third-order valence-corrected chi connectivity index (χ3v) is 3.94. The molecule has 6 heteroatoms. The SMILES string of the molecule is Cc1ccc(N)cc1C(=O)N1CCN(C)C(=O)C1(C)C.Cl. The minimum Gasteiger partial charge on any atom is -0.399 e. The van der Waals surface area contributed by atoms with Crippen molar-refractivity contribution in [3.63, 3.8) is 0 Å². The molecule has 1 aliphatic heterocycles. The Balaban J connectivity index is 0.00000220. The van der Waals surface area contributed by atoms with Gasteiger partial charge in [0.25, 0.3) is 5.91 Å². The lowest BCUT2D eigenvalue weighted by Crippen LogP contribution is -2.63. The predicted molar refractivity (Wildman–Crippen MR) is 85.6 cm³/mol. The van der Waals surface area contributed by atoms with E-state index in [1.165, 1.54) is 0 Å². The van der Waals surface area contributed by atoms with Crippen molar-refractivity contribution in [3.8, 4) is 0 Å². The Bertz CT molecular complexity index is 572. The van der Waals surface area contributed by atoms with Crippen LogP contribution in [-0.4, -0.2) is 47.3 Å². The van der Waals surface area contributed by atoms with Crippen LogP contribution in [0.15, 0.2) is 18.2 Å². The van der Waals surface area contributed by atoms with Gasteiger partial charge in [0.15, 0.2) is 0 Å². The third-order valence-electron chi connectivity index (χ3n) is 3.94. The van der Waals surface area contributed by atoms with E-state index >= 15 is 0 Å². The zero-order valence-electron chi connectivity index (χ0n) is 12.8. The highest BCUT2D eigenvalue weighted by molar-refractivity contribution is 6.01. The van der Waals surface area contributed by atoms with Crippen molar-refractivity contribution in [2.45, 2.75) is 26.3 Å². The molecule has 0 radical (unpaired) electrons. The summed E-state index contributed by atoms with van der Waals surface area (Å²) < 4.78 is 0. The Morgan fingerprint density at radius 1 is 1.29 bits per heavy atom. The quantitative estimate of drug-likeness (QED) is 0.803. The van der Waals surface area contributed by atoms with Gasteiger partial charge < -0.3 is 15.5 Å². The molecule has 1 heterocycles. The average Bonchev–Trinajstić information content (AvgIpc) is 2.38. The molecule has 1 fully saturated rings. The summed E-state index contributed by atoms with van der Waals surface area (Å²) >= 11 is 0. The fourth-order valence-corrected chi connectivity index (χ4v) is 2.58. The number of nitrogens with two attached hydrogens (primary N) is 1. The van der Waals surface area contributed by atoms with E-state index in [2.05, 4.69) is 0 Å². The minimum atomic E-state index is -0.832. The second-order valence-electron chi connectivity index (χ2n) is 5.82. The summed E-state index contributed by atoms with van der Waals surface area (Å²) in [6, 6.07) is 5.27. The van der Waals surface area contributed by atoms with Crippen LogP contribution in [0.25, 0.3) is 0 Å². The number of rotatable bonds is 1. The Morgan fingerprint density at radius 2 is 1.90 bits per heavy atom. The third kappa shape index (κ3) is 2.97. The second kappa shape index (κ2) is 5.93. The number of nitrogen functional groups attached to an aromatic ring is 1. The van der Waals surface area contributed by atoms with Gasteiger partial charge in [0, 0.05) is 31.4 Å². The first-order valence-electron chi connectivity index (χ1n) is 6.69. The molecule has 1 saturated heterocycles. The minimum absolute atomic E-state index is 0. The predicted octanol–water partition coefficient (Wildman–Crippen LogP) is 1.69. The van der Waals surface area contributed by atoms with Crippen LogP contribution < -0.4 is 5.73 Å². The van der Waals surface area contributed by atoms with Gasteiger partial charge in [-0.05, 0) is 38.5 Å². The number of aryl methyl sites for hydroxylation is 1. The Kier molecular flexibility index (Phi) is 4.89. The maximum absolute atomic E-state index is 12.7. The van der Waals surface area contributed by atoms with Gasteiger partial charge in [0.05, 0.1) is 0 Å². The lowest BCUT2D eigenvalue weighted by Gasteiger charge is -2.44. The van der Waals surface area contributed by atoms with Gasteiger partial charge >= 0.3 is 0 Å². The van der Waals surface area contributed by atoms with Crippen LogP contribution in [0.5, 0.6) is 0 Å². The fourth-order valence-electron chi connectivity index (χ4n) is 2.58. The zero-order chi connectivity index (χ0) is 15.1. The molecule has 1 aromatic carbocycles. The van der Waals surface area contributed by atoms with E-state index in [9.17, 15) is 9.59 Å². The molecule has 2 amide bonds. The first kappa shape index (κ1) is 17.3. The van der Waals surface area contributed by atoms with Gasteiger partial charge in [-0.15, -0.1) is 12.4 Å². The summed E-state index contributed by atoms with van der Waals surface area (Å²) in [6.07, 6.45) is 0. The van der Waals surface area contributed by atoms with Gasteiger partial charge in [-0.1, -0.05) is 6.07 Å². The van der Waals surface area contributed by atoms with E-state index in [-0.39, 0.29) is 24.2 Å². The van der Waals surface area contributed by atoms with Crippen molar-refractivity contribution in [1.82, 2.24) is 9.80 Å². The van der Waals surface area contributed by atoms with E-state index in [0.29, 0.717) is 24.3 Å². The van der Waals surface area contributed by atoms with Crippen molar-refractivity contribution >= 4 is 29.9 Å². The first-order valence-corrected chi connectivity index (χ1v) is 6.69. The van der Waals surface area contributed by atoms with Crippen LogP contribution >= 0.6 is 12.4 Å². The monoisotopic (exact) mass is 311 g/mol. The molecule has 2 N–H and O–H groups in total. The molecule has 0 bridgehead atoms. The lowest BCUT2D eigenvalue weighted by molar-refractivity contribution is -0.144.